The number of pyridine rings is 1. The lowest BCUT2D eigenvalue weighted by molar-refractivity contribution is -0.132. The average Bonchev–Trinajstić information content (AvgIpc) is 3.42. The monoisotopic (exact) mass is 400 g/mol. The van der Waals surface area contributed by atoms with Crippen LogP contribution in [0.25, 0.3) is 21.8 Å². The van der Waals surface area contributed by atoms with E-state index in [0.717, 1.165) is 53.4 Å². The van der Waals surface area contributed by atoms with Crippen molar-refractivity contribution in [1.29, 1.82) is 5.26 Å². The number of amides is 1. The Morgan fingerprint density at radius 3 is 2.90 bits per heavy atom. The molecular weight excluding hydrogens is 376 g/mol. The molecule has 2 fully saturated rings. The zero-order chi connectivity index (χ0) is 20.5. The maximum atomic E-state index is 12.6. The number of fused-ring (bicyclic) bond motifs is 2. The Morgan fingerprint density at radius 1 is 1.13 bits per heavy atom. The van der Waals surface area contributed by atoms with E-state index in [9.17, 15) is 10.1 Å². The SMILES string of the molecule is N#CC1CCCN1C(=O)CN1CCC(Oc2cccc3cc4ccccc4nc23)C1. The van der Waals surface area contributed by atoms with Crippen LogP contribution >= 0.6 is 0 Å². The lowest BCUT2D eigenvalue weighted by Crippen LogP contribution is -2.42. The van der Waals surface area contributed by atoms with Gasteiger partial charge >= 0.3 is 0 Å². The van der Waals surface area contributed by atoms with Crippen molar-refractivity contribution in [2.45, 2.75) is 31.4 Å². The number of nitriles is 1. The summed E-state index contributed by atoms with van der Waals surface area (Å²) in [6.07, 6.45) is 2.61. The van der Waals surface area contributed by atoms with Gasteiger partial charge in [-0.25, -0.2) is 4.98 Å². The molecule has 0 saturated carbocycles. The molecule has 1 amide bonds. The summed E-state index contributed by atoms with van der Waals surface area (Å²) >= 11 is 0. The Labute approximate surface area is 175 Å². The molecular formula is C24H24N4O2. The lowest BCUT2D eigenvalue weighted by atomic mass is 10.1. The molecule has 30 heavy (non-hydrogen) atoms. The summed E-state index contributed by atoms with van der Waals surface area (Å²) in [5, 5.41) is 11.4. The van der Waals surface area contributed by atoms with Crippen LogP contribution < -0.4 is 4.74 Å². The highest BCUT2D eigenvalue weighted by molar-refractivity contribution is 5.95. The Morgan fingerprint density at radius 2 is 2.00 bits per heavy atom. The average molecular weight is 400 g/mol. The fourth-order valence-corrected chi connectivity index (χ4v) is 4.57. The number of likely N-dealkylation sites (tertiary alicyclic amines) is 2. The van der Waals surface area contributed by atoms with Gasteiger partial charge in [-0.15, -0.1) is 0 Å². The maximum absolute atomic E-state index is 12.6. The van der Waals surface area contributed by atoms with Gasteiger partial charge in [0.2, 0.25) is 5.91 Å². The van der Waals surface area contributed by atoms with E-state index in [4.69, 9.17) is 9.72 Å². The summed E-state index contributed by atoms with van der Waals surface area (Å²) in [4.78, 5) is 21.3. The minimum Gasteiger partial charge on any atom is -0.487 e. The summed E-state index contributed by atoms with van der Waals surface area (Å²) in [5.41, 5.74) is 1.83. The van der Waals surface area contributed by atoms with E-state index in [1.165, 1.54) is 0 Å². The summed E-state index contributed by atoms with van der Waals surface area (Å²) < 4.78 is 6.34. The minimum atomic E-state index is -0.260. The Bertz CT molecular complexity index is 1140. The Hall–Kier alpha value is -3.17. The van der Waals surface area contributed by atoms with Crippen molar-refractivity contribution < 1.29 is 9.53 Å². The van der Waals surface area contributed by atoms with Gasteiger partial charge in [0.1, 0.15) is 23.4 Å². The molecule has 2 aliphatic rings. The molecule has 152 valence electrons. The van der Waals surface area contributed by atoms with E-state index in [0.29, 0.717) is 19.6 Å². The predicted octanol–water partition coefficient (Wildman–Crippen LogP) is 3.36. The molecule has 2 saturated heterocycles. The molecule has 1 aromatic heterocycles. The third kappa shape index (κ3) is 3.57. The first-order chi connectivity index (χ1) is 14.7. The molecule has 3 aromatic rings. The third-order valence-corrected chi connectivity index (χ3v) is 6.11. The van der Waals surface area contributed by atoms with Crippen LogP contribution in [-0.4, -0.2) is 59.0 Å². The first kappa shape index (κ1) is 18.8. The number of carbonyl (C=O) groups is 1. The predicted molar refractivity (Wildman–Crippen MR) is 115 cm³/mol. The summed E-state index contributed by atoms with van der Waals surface area (Å²) in [6, 6.07) is 18.3. The minimum absolute atomic E-state index is 0.0296. The Kier molecular flexibility index (Phi) is 4.97. The number of rotatable bonds is 4. The van der Waals surface area contributed by atoms with Gasteiger partial charge in [-0.1, -0.05) is 30.3 Å². The summed E-state index contributed by atoms with van der Waals surface area (Å²) in [6.45, 7) is 2.58. The number of nitrogens with zero attached hydrogens (tertiary/aromatic N) is 4. The van der Waals surface area contributed by atoms with Crippen LogP contribution in [0.5, 0.6) is 5.75 Å². The van der Waals surface area contributed by atoms with Crippen LogP contribution in [0.3, 0.4) is 0 Å². The second-order valence-corrected chi connectivity index (χ2v) is 8.15. The standard InChI is InChI=1S/C24H24N4O2/c25-14-19-7-4-11-28(19)23(29)16-27-12-10-20(15-27)30-22-9-3-6-18-13-17-5-1-2-8-21(17)26-24(18)22/h1-3,5-6,8-9,13,19-20H,4,7,10-12,15-16H2. The van der Waals surface area contributed by atoms with Gasteiger partial charge in [-0.3, -0.25) is 9.69 Å². The van der Waals surface area contributed by atoms with Crippen molar-refractivity contribution in [2.75, 3.05) is 26.2 Å². The van der Waals surface area contributed by atoms with Gasteiger partial charge in [0.05, 0.1) is 18.1 Å². The van der Waals surface area contributed by atoms with E-state index in [2.05, 4.69) is 29.2 Å². The van der Waals surface area contributed by atoms with Gasteiger partial charge in [0.15, 0.2) is 0 Å². The highest BCUT2D eigenvalue weighted by Gasteiger charge is 2.32. The van der Waals surface area contributed by atoms with E-state index in [1.54, 1.807) is 4.90 Å². The number of aromatic nitrogens is 1. The summed E-state index contributed by atoms with van der Waals surface area (Å²) in [7, 11) is 0. The largest absolute Gasteiger partial charge is 0.487 e. The molecule has 2 unspecified atom stereocenters. The first-order valence-corrected chi connectivity index (χ1v) is 10.6. The highest BCUT2D eigenvalue weighted by Crippen LogP contribution is 2.29. The van der Waals surface area contributed by atoms with E-state index in [-0.39, 0.29) is 18.1 Å². The summed E-state index contributed by atoms with van der Waals surface area (Å²) in [5.74, 6) is 0.846. The molecule has 6 heteroatoms. The topological polar surface area (TPSA) is 69.5 Å². The van der Waals surface area contributed by atoms with E-state index >= 15 is 0 Å². The molecule has 6 nitrogen and oxygen atoms in total. The molecule has 0 spiro atoms. The number of benzene rings is 2. The van der Waals surface area contributed by atoms with Gasteiger partial charge in [-0.2, -0.15) is 5.26 Å². The molecule has 2 aliphatic heterocycles. The van der Waals surface area contributed by atoms with Crippen LogP contribution in [0.15, 0.2) is 48.5 Å². The molecule has 0 aliphatic carbocycles. The van der Waals surface area contributed by atoms with Crippen LogP contribution in [0, 0.1) is 11.3 Å². The van der Waals surface area contributed by atoms with Crippen LogP contribution in [-0.2, 0) is 4.79 Å². The second-order valence-electron chi connectivity index (χ2n) is 8.15. The van der Waals surface area contributed by atoms with Crippen molar-refractivity contribution >= 4 is 27.7 Å². The second kappa shape index (κ2) is 7.92. The van der Waals surface area contributed by atoms with Gasteiger partial charge < -0.3 is 9.64 Å². The molecule has 5 rings (SSSR count). The van der Waals surface area contributed by atoms with Gasteiger partial charge in [0, 0.05) is 30.4 Å². The van der Waals surface area contributed by atoms with E-state index in [1.807, 2.05) is 30.3 Å². The number of para-hydroxylation sites is 2. The fourth-order valence-electron chi connectivity index (χ4n) is 4.57. The van der Waals surface area contributed by atoms with Gasteiger partial charge in [0.25, 0.3) is 0 Å². The van der Waals surface area contributed by atoms with Crippen LogP contribution in [0.1, 0.15) is 19.3 Å². The number of carbonyl (C=O) groups excluding carboxylic acids is 1. The highest BCUT2D eigenvalue weighted by atomic mass is 16.5. The van der Waals surface area contributed by atoms with Crippen molar-refractivity contribution in [3.63, 3.8) is 0 Å². The molecule has 0 radical (unpaired) electrons. The number of hydrogen-bond donors (Lipinski definition) is 0. The molecule has 2 atom stereocenters. The van der Waals surface area contributed by atoms with Crippen LogP contribution in [0.2, 0.25) is 0 Å². The van der Waals surface area contributed by atoms with E-state index < -0.39 is 0 Å². The first-order valence-electron chi connectivity index (χ1n) is 10.6. The zero-order valence-electron chi connectivity index (χ0n) is 16.8. The van der Waals surface area contributed by atoms with Crippen LogP contribution in [0.4, 0.5) is 0 Å². The molecule has 2 aromatic carbocycles. The number of ether oxygens (including phenoxy) is 1. The molecule has 0 bridgehead atoms. The van der Waals surface area contributed by atoms with Gasteiger partial charge in [-0.05, 0) is 37.5 Å². The number of hydrogen-bond acceptors (Lipinski definition) is 5. The molecule has 3 heterocycles. The van der Waals surface area contributed by atoms with Crippen molar-refractivity contribution in [3.8, 4) is 11.8 Å². The van der Waals surface area contributed by atoms with Crippen molar-refractivity contribution in [3.05, 3.63) is 48.5 Å². The van der Waals surface area contributed by atoms with Crippen molar-refractivity contribution in [1.82, 2.24) is 14.8 Å². The normalized spacial score (nSPS) is 21.9. The molecule has 0 N–H and O–H groups in total. The maximum Gasteiger partial charge on any atom is 0.237 e. The fraction of sp³-hybridized carbons (Fsp3) is 0.375. The Balaban J connectivity index is 1.28. The lowest BCUT2D eigenvalue weighted by Gasteiger charge is -2.23. The zero-order valence-corrected chi connectivity index (χ0v) is 16.8. The van der Waals surface area contributed by atoms with Crippen molar-refractivity contribution in [2.24, 2.45) is 0 Å². The smallest absolute Gasteiger partial charge is 0.237 e. The third-order valence-electron chi connectivity index (χ3n) is 6.11. The quantitative estimate of drug-likeness (QED) is 0.628.